The van der Waals surface area contributed by atoms with Crippen LogP contribution in [0.15, 0.2) is 28.8 Å². The van der Waals surface area contributed by atoms with Gasteiger partial charge in [-0.15, -0.1) is 0 Å². The van der Waals surface area contributed by atoms with Gasteiger partial charge in [-0.05, 0) is 50.7 Å². The van der Waals surface area contributed by atoms with Crippen LogP contribution in [0.1, 0.15) is 38.5 Å². The summed E-state index contributed by atoms with van der Waals surface area (Å²) in [4.78, 5) is 19.0. The highest BCUT2D eigenvalue weighted by molar-refractivity contribution is 5.79. The van der Waals surface area contributed by atoms with Crippen LogP contribution in [0.4, 0.5) is 0 Å². The number of ether oxygens (including phenoxy) is 1. The molecule has 2 saturated carbocycles. The smallest absolute Gasteiger partial charge is 0.261 e. The Kier molecular flexibility index (Phi) is 4.19. The van der Waals surface area contributed by atoms with Gasteiger partial charge in [0.25, 0.3) is 5.91 Å². The van der Waals surface area contributed by atoms with Crippen LogP contribution in [0.25, 0.3) is 11.4 Å². The summed E-state index contributed by atoms with van der Waals surface area (Å²) in [6, 6.07) is 8.19. The third-order valence-corrected chi connectivity index (χ3v) is 4.95. The minimum atomic E-state index is 0.0717. The average Bonchev–Trinajstić information content (AvgIpc) is 3.52. The van der Waals surface area contributed by atoms with E-state index in [0.717, 1.165) is 18.4 Å². The quantitative estimate of drug-likeness (QED) is 0.773. The van der Waals surface area contributed by atoms with E-state index in [9.17, 15) is 4.79 Å². The average molecular weight is 341 g/mol. The van der Waals surface area contributed by atoms with Crippen molar-refractivity contribution in [3.8, 4) is 17.1 Å². The molecule has 0 spiro atoms. The Labute approximate surface area is 147 Å². The Balaban J connectivity index is 1.41. The minimum absolute atomic E-state index is 0.0717. The first kappa shape index (κ1) is 16.1. The molecule has 0 bridgehead atoms. The number of benzene rings is 1. The van der Waals surface area contributed by atoms with Gasteiger partial charge in [0.05, 0.1) is 0 Å². The summed E-state index contributed by atoms with van der Waals surface area (Å²) in [5.41, 5.74) is 0.812. The lowest BCUT2D eigenvalue weighted by atomic mass is 10.1. The van der Waals surface area contributed by atoms with Gasteiger partial charge < -0.3 is 14.2 Å². The molecule has 1 atom stereocenters. The van der Waals surface area contributed by atoms with Crippen molar-refractivity contribution in [1.29, 1.82) is 0 Å². The van der Waals surface area contributed by atoms with E-state index in [2.05, 4.69) is 22.0 Å². The highest BCUT2D eigenvalue weighted by Gasteiger charge is 2.41. The number of carbonyl (C=O) groups excluding carboxylic acids is 1. The second-order valence-electron chi connectivity index (χ2n) is 7.06. The van der Waals surface area contributed by atoms with E-state index in [-0.39, 0.29) is 12.5 Å². The molecular weight excluding hydrogens is 318 g/mol. The van der Waals surface area contributed by atoms with Crippen molar-refractivity contribution >= 4 is 5.91 Å². The molecule has 132 valence electrons. The zero-order valence-electron chi connectivity index (χ0n) is 14.6. The van der Waals surface area contributed by atoms with Crippen molar-refractivity contribution in [1.82, 2.24) is 15.0 Å². The van der Waals surface area contributed by atoms with Gasteiger partial charge in [0.2, 0.25) is 11.7 Å². The van der Waals surface area contributed by atoms with E-state index in [0.29, 0.717) is 35.5 Å². The first-order valence-corrected chi connectivity index (χ1v) is 8.96. The number of carbonyl (C=O) groups is 1. The number of rotatable bonds is 7. The molecule has 0 radical (unpaired) electrons. The molecule has 1 amide bonds. The Morgan fingerprint density at radius 1 is 1.36 bits per heavy atom. The molecule has 4 rings (SSSR count). The maximum Gasteiger partial charge on any atom is 0.261 e. The standard InChI is InChI=1S/C19H23N3O3/c1-12(14-6-7-14)22(16-8-9-16)18(23)11-24-17-5-3-4-15(10-17)19-20-13(2)25-21-19/h3-5,10,12,14,16H,6-9,11H2,1-2H3/t12-/m0/s1. The molecule has 0 N–H and O–H groups in total. The normalized spacial score (nSPS) is 18.0. The first-order chi connectivity index (χ1) is 12.1. The van der Waals surface area contributed by atoms with E-state index in [1.165, 1.54) is 12.8 Å². The molecule has 1 aromatic carbocycles. The zero-order valence-corrected chi connectivity index (χ0v) is 14.6. The molecule has 0 unspecified atom stereocenters. The fraction of sp³-hybridized carbons (Fsp3) is 0.526. The van der Waals surface area contributed by atoms with Crippen LogP contribution in [-0.2, 0) is 4.79 Å². The molecule has 6 heteroatoms. The summed E-state index contributed by atoms with van der Waals surface area (Å²) >= 11 is 0. The molecular formula is C19H23N3O3. The van der Waals surface area contributed by atoms with Crippen molar-refractivity contribution < 1.29 is 14.1 Å². The lowest BCUT2D eigenvalue weighted by molar-refractivity contribution is -0.136. The number of hydrogen-bond donors (Lipinski definition) is 0. The number of aryl methyl sites for hydroxylation is 1. The van der Waals surface area contributed by atoms with Crippen molar-refractivity contribution in [2.24, 2.45) is 5.92 Å². The molecule has 1 heterocycles. The van der Waals surface area contributed by atoms with Crippen LogP contribution in [-0.4, -0.2) is 39.6 Å². The summed E-state index contributed by atoms with van der Waals surface area (Å²) in [7, 11) is 0. The lowest BCUT2D eigenvalue weighted by Crippen LogP contribution is -2.44. The predicted molar refractivity (Wildman–Crippen MR) is 92.0 cm³/mol. The molecule has 0 aliphatic heterocycles. The number of nitrogens with zero attached hydrogens (tertiary/aromatic N) is 3. The van der Waals surface area contributed by atoms with Crippen molar-refractivity contribution in [2.75, 3.05) is 6.61 Å². The van der Waals surface area contributed by atoms with Gasteiger partial charge in [-0.2, -0.15) is 4.98 Å². The monoisotopic (exact) mass is 341 g/mol. The second kappa shape index (κ2) is 6.50. The first-order valence-electron chi connectivity index (χ1n) is 8.96. The van der Waals surface area contributed by atoms with Crippen molar-refractivity contribution in [2.45, 2.75) is 51.6 Å². The van der Waals surface area contributed by atoms with Gasteiger partial charge in [-0.25, -0.2) is 0 Å². The SMILES string of the molecule is Cc1nc(-c2cccc(OCC(=O)N(C3CC3)[C@@H](C)C3CC3)c2)no1. The lowest BCUT2D eigenvalue weighted by Gasteiger charge is -2.29. The van der Waals surface area contributed by atoms with Crippen molar-refractivity contribution in [3.05, 3.63) is 30.2 Å². The van der Waals surface area contributed by atoms with Crippen LogP contribution in [0.3, 0.4) is 0 Å². The Bertz CT molecular complexity index is 765. The second-order valence-corrected chi connectivity index (χ2v) is 7.06. The highest BCUT2D eigenvalue weighted by atomic mass is 16.5. The highest BCUT2D eigenvalue weighted by Crippen LogP contribution is 2.39. The van der Waals surface area contributed by atoms with E-state index in [1.54, 1.807) is 6.92 Å². The maximum absolute atomic E-state index is 12.7. The van der Waals surface area contributed by atoms with E-state index < -0.39 is 0 Å². The van der Waals surface area contributed by atoms with Gasteiger partial charge in [-0.1, -0.05) is 17.3 Å². The van der Waals surface area contributed by atoms with Gasteiger partial charge in [0.1, 0.15) is 5.75 Å². The molecule has 2 aromatic rings. The zero-order chi connectivity index (χ0) is 17.4. The van der Waals surface area contributed by atoms with Gasteiger partial charge in [0, 0.05) is 24.6 Å². The van der Waals surface area contributed by atoms with E-state index in [4.69, 9.17) is 9.26 Å². The summed E-state index contributed by atoms with van der Waals surface area (Å²) in [5, 5.41) is 3.91. The fourth-order valence-corrected chi connectivity index (χ4v) is 3.28. The van der Waals surface area contributed by atoms with Crippen LogP contribution in [0, 0.1) is 12.8 Å². The van der Waals surface area contributed by atoms with E-state index in [1.807, 2.05) is 24.3 Å². The molecule has 2 aliphatic carbocycles. The van der Waals surface area contributed by atoms with Crippen LogP contribution in [0.5, 0.6) is 5.75 Å². The molecule has 6 nitrogen and oxygen atoms in total. The topological polar surface area (TPSA) is 68.5 Å². The Hall–Kier alpha value is -2.37. The molecule has 2 aliphatic rings. The number of amides is 1. The Morgan fingerprint density at radius 2 is 2.16 bits per heavy atom. The van der Waals surface area contributed by atoms with Crippen LogP contribution < -0.4 is 4.74 Å². The molecule has 25 heavy (non-hydrogen) atoms. The van der Waals surface area contributed by atoms with Gasteiger partial charge in [0.15, 0.2) is 6.61 Å². The summed E-state index contributed by atoms with van der Waals surface area (Å²) in [5.74, 6) is 2.45. The third-order valence-electron chi connectivity index (χ3n) is 4.95. The summed E-state index contributed by atoms with van der Waals surface area (Å²) in [6.07, 6.45) is 4.72. The summed E-state index contributed by atoms with van der Waals surface area (Å²) in [6.45, 7) is 4.00. The minimum Gasteiger partial charge on any atom is -0.484 e. The molecule has 1 aromatic heterocycles. The van der Waals surface area contributed by atoms with Gasteiger partial charge >= 0.3 is 0 Å². The van der Waals surface area contributed by atoms with E-state index >= 15 is 0 Å². The number of hydrogen-bond acceptors (Lipinski definition) is 5. The summed E-state index contributed by atoms with van der Waals surface area (Å²) < 4.78 is 10.8. The maximum atomic E-state index is 12.7. The third kappa shape index (κ3) is 3.67. The van der Waals surface area contributed by atoms with Crippen LogP contribution >= 0.6 is 0 Å². The number of aromatic nitrogens is 2. The largest absolute Gasteiger partial charge is 0.484 e. The predicted octanol–water partition coefficient (Wildman–Crippen LogP) is 3.21. The van der Waals surface area contributed by atoms with Gasteiger partial charge in [-0.3, -0.25) is 4.79 Å². The Morgan fingerprint density at radius 3 is 2.80 bits per heavy atom. The fourth-order valence-electron chi connectivity index (χ4n) is 3.28. The van der Waals surface area contributed by atoms with Crippen LogP contribution in [0.2, 0.25) is 0 Å². The molecule has 2 fully saturated rings. The van der Waals surface area contributed by atoms with Crippen molar-refractivity contribution in [3.63, 3.8) is 0 Å². The molecule has 0 saturated heterocycles.